The Morgan fingerprint density at radius 2 is 2.10 bits per heavy atom. The molecule has 21 heavy (non-hydrogen) atoms. The first-order valence-electron chi connectivity index (χ1n) is 7.53. The maximum Gasteiger partial charge on any atom is 0.239 e. The molecule has 1 saturated heterocycles. The number of halogens is 1. The fraction of sp³-hybridized carbons (Fsp3) is 0.562. The summed E-state index contributed by atoms with van der Waals surface area (Å²) in [6.07, 6.45) is 2.48. The first-order valence-corrected chi connectivity index (χ1v) is 7.53. The Morgan fingerprint density at radius 1 is 1.38 bits per heavy atom. The molecular formula is C16H23FN2O2. The lowest BCUT2D eigenvalue weighted by molar-refractivity contribution is -0.134. The van der Waals surface area contributed by atoms with Crippen molar-refractivity contribution in [1.82, 2.24) is 10.2 Å². The summed E-state index contributed by atoms with van der Waals surface area (Å²) in [5, 5.41) is 13.1. The van der Waals surface area contributed by atoms with Gasteiger partial charge in [0, 0.05) is 19.6 Å². The minimum Gasteiger partial charge on any atom is -0.387 e. The van der Waals surface area contributed by atoms with Gasteiger partial charge in [0.25, 0.3) is 0 Å². The predicted molar refractivity (Wildman–Crippen MR) is 79.3 cm³/mol. The molecule has 1 aromatic rings. The molecule has 0 spiro atoms. The first kappa shape index (κ1) is 15.9. The number of nitrogens with one attached hydrogen (secondary N) is 1. The number of piperidine rings is 1. The van der Waals surface area contributed by atoms with Gasteiger partial charge in [-0.2, -0.15) is 0 Å². The van der Waals surface area contributed by atoms with Gasteiger partial charge in [0.15, 0.2) is 0 Å². The molecule has 2 rings (SSSR count). The van der Waals surface area contributed by atoms with E-state index < -0.39 is 6.10 Å². The van der Waals surface area contributed by atoms with Crippen LogP contribution in [0.15, 0.2) is 24.3 Å². The van der Waals surface area contributed by atoms with Gasteiger partial charge in [-0.1, -0.05) is 12.1 Å². The molecule has 0 radical (unpaired) electrons. The summed E-state index contributed by atoms with van der Waals surface area (Å²) in [4.78, 5) is 14.1. The second-order valence-electron chi connectivity index (χ2n) is 5.59. The van der Waals surface area contributed by atoms with Crippen LogP contribution in [0.25, 0.3) is 0 Å². The first-order chi connectivity index (χ1) is 10.1. The number of aliphatic hydroxyl groups is 1. The zero-order chi connectivity index (χ0) is 15.2. The molecule has 0 saturated carbocycles. The third-order valence-electron chi connectivity index (χ3n) is 3.89. The van der Waals surface area contributed by atoms with Gasteiger partial charge in [-0.15, -0.1) is 0 Å². The fourth-order valence-corrected chi connectivity index (χ4v) is 2.60. The quantitative estimate of drug-likeness (QED) is 0.871. The van der Waals surface area contributed by atoms with Gasteiger partial charge in [0.05, 0.1) is 12.1 Å². The molecule has 1 amide bonds. The van der Waals surface area contributed by atoms with E-state index in [1.807, 2.05) is 4.90 Å². The van der Waals surface area contributed by atoms with Crippen LogP contribution in [0.1, 0.15) is 37.9 Å². The summed E-state index contributed by atoms with van der Waals surface area (Å²) in [6, 6.07) is 5.55. The second-order valence-corrected chi connectivity index (χ2v) is 5.59. The highest BCUT2D eigenvalue weighted by Gasteiger charge is 2.22. The number of hydrogen-bond acceptors (Lipinski definition) is 3. The van der Waals surface area contributed by atoms with E-state index in [4.69, 9.17) is 0 Å². The average Bonchev–Trinajstić information content (AvgIpc) is 2.52. The highest BCUT2D eigenvalue weighted by Crippen LogP contribution is 2.14. The molecule has 1 aliphatic rings. The zero-order valence-corrected chi connectivity index (χ0v) is 12.4. The van der Waals surface area contributed by atoms with Gasteiger partial charge >= 0.3 is 0 Å². The maximum absolute atomic E-state index is 13.1. The predicted octanol–water partition coefficient (Wildman–Crippen LogP) is 1.85. The minimum absolute atomic E-state index is 0.0705. The van der Waals surface area contributed by atoms with Crippen molar-refractivity contribution in [2.24, 2.45) is 0 Å². The number of rotatable bonds is 5. The van der Waals surface area contributed by atoms with Crippen molar-refractivity contribution in [3.63, 3.8) is 0 Å². The number of likely N-dealkylation sites (tertiary alicyclic amines) is 1. The SMILES string of the molecule is CC(NCC(O)c1cccc(F)c1)C(=O)N1CCCCC1. The zero-order valence-electron chi connectivity index (χ0n) is 12.4. The topological polar surface area (TPSA) is 52.6 Å². The van der Waals surface area contributed by atoms with E-state index in [1.165, 1.54) is 18.6 Å². The van der Waals surface area contributed by atoms with E-state index in [9.17, 15) is 14.3 Å². The van der Waals surface area contributed by atoms with Crippen molar-refractivity contribution in [2.45, 2.75) is 38.3 Å². The summed E-state index contributed by atoms with van der Waals surface area (Å²) in [5.74, 6) is -0.301. The van der Waals surface area contributed by atoms with Gasteiger partial charge in [0.2, 0.25) is 5.91 Å². The third kappa shape index (κ3) is 4.51. The summed E-state index contributed by atoms with van der Waals surface area (Å²) in [5.41, 5.74) is 0.514. The van der Waals surface area contributed by atoms with Gasteiger partial charge in [-0.05, 0) is 43.9 Å². The van der Waals surface area contributed by atoms with Crippen molar-refractivity contribution < 1.29 is 14.3 Å². The lowest BCUT2D eigenvalue weighted by atomic mass is 10.1. The summed E-state index contributed by atoms with van der Waals surface area (Å²) >= 11 is 0. The van der Waals surface area contributed by atoms with Crippen LogP contribution in [0.3, 0.4) is 0 Å². The Labute approximate surface area is 125 Å². The Hall–Kier alpha value is -1.46. The summed E-state index contributed by atoms with van der Waals surface area (Å²) in [6.45, 7) is 3.66. The maximum atomic E-state index is 13.1. The normalized spacial score (nSPS) is 18.3. The highest BCUT2D eigenvalue weighted by atomic mass is 19.1. The van der Waals surface area contributed by atoms with E-state index >= 15 is 0 Å². The van der Waals surface area contributed by atoms with Crippen LogP contribution < -0.4 is 5.32 Å². The monoisotopic (exact) mass is 294 g/mol. The Bertz CT molecular complexity index is 475. The van der Waals surface area contributed by atoms with Gasteiger partial charge in [-0.3, -0.25) is 4.79 Å². The number of carbonyl (C=O) groups excluding carboxylic acids is 1. The van der Waals surface area contributed by atoms with Crippen molar-refractivity contribution in [2.75, 3.05) is 19.6 Å². The number of benzene rings is 1. The Morgan fingerprint density at radius 3 is 2.76 bits per heavy atom. The molecule has 4 nitrogen and oxygen atoms in total. The molecule has 116 valence electrons. The molecule has 2 N–H and O–H groups in total. The largest absolute Gasteiger partial charge is 0.387 e. The fourth-order valence-electron chi connectivity index (χ4n) is 2.60. The summed E-state index contributed by atoms with van der Waals surface area (Å²) < 4.78 is 13.1. The van der Waals surface area contributed by atoms with Crippen molar-refractivity contribution in [3.05, 3.63) is 35.6 Å². The molecule has 1 fully saturated rings. The number of hydrogen-bond donors (Lipinski definition) is 2. The van der Waals surface area contributed by atoms with Crippen LogP contribution in [-0.4, -0.2) is 41.6 Å². The molecule has 1 aliphatic heterocycles. The van der Waals surface area contributed by atoms with E-state index in [-0.39, 0.29) is 24.3 Å². The molecule has 1 heterocycles. The van der Waals surface area contributed by atoms with Crippen molar-refractivity contribution in [1.29, 1.82) is 0 Å². The van der Waals surface area contributed by atoms with Crippen molar-refractivity contribution in [3.8, 4) is 0 Å². The van der Waals surface area contributed by atoms with Crippen molar-refractivity contribution >= 4 is 5.91 Å². The van der Waals surface area contributed by atoms with Gasteiger partial charge < -0.3 is 15.3 Å². The van der Waals surface area contributed by atoms with Crippen LogP contribution in [0, 0.1) is 5.82 Å². The second kappa shape index (κ2) is 7.52. The van der Waals surface area contributed by atoms with Crippen LogP contribution in [0.4, 0.5) is 4.39 Å². The molecule has 2 atom stereocenters. The summed E-state index contributed by atoms with van der Waals surface area (Å²) in [7, 11) is 0. The standard InChI is InChI=1S/C16H23FN2O2/c1-12(16(21)19-8-3-2-4-9-19)18-11-15(20)13-6-5-7-14(17)10-13/h5-7,10,12,15,18,20H,2-4,8-9,11H2,1H3. The molecule has 0 bridgehead atoms. The molecule has 2 unspecified atom stereocenters. The number of amides is 1. The number of aliphatic hydroxyl groups excluding tert-OH is 1. The smallest absolute Gasteiger partial charge is 0.239 e. The van der Waals surface area contributed by atoms with E-state index in [0.29, 0.717) is 5.56 Å². The molecule has 5 heteroatoms. The van der Waals surface area contributed by atoms with Crippen LogP contribution >= 0.6 is 0 Å². The highest BCUT2D eigenvalue weighted by molar-refractivity contribution is 5.81. The number of carbonyl (C=O) groups is 1. The molecule has 1 aromatic carbocycles. The van der Waals surface area contributed by atoms with Gasteiger partial charge in [0.1, 0.15) is 5.82 Å². The molecule has 0 aliphatic carbocycles. The van der Waals surface area contributed by atoms with Crippen LogP contribution in [0.2, 0.25) is 0 Å². The Kier molecular flexibility index (Phi) is 5.70. The third-order valence-corrected chi connectivity index (χ3v) is 3.89. The van der Waals surface area contributed by atoms with Gasteiger partial charge in [-0.25, -0.2) is 4.39 Å². The molecule has 0 aromatic heterocycles. The van der Waals surface area contributed by atoms with Crippen LogP contribution in [0.5, 0.6) is 0 Å². The van der Waals surface area contributed by atoms with E-state index in [0.717, 1.165) is 25.9 Å². The molecular weight excluding hydrogens is 271 g/mol. The Balaban J connectivity index is 1.82. The van der Waals surface area contributed by atoms with E-state index in [1.54, 1.807) is 19.1 Å². The lowest BCUT2D eigenvalue weighted by Gasteiger charge is -2.29. The van der Waals surface area contributed by atoms with E-state index in [2.05, 4.69) is 5.32 Å². The lowest BCUT2D eigenvalue weighted by Crippen LogP contribution is -2.47. The minimum atomic E-state index is -0.822. The average molecular weight is 294 g/mol. The van der Waals surface area contributed by atoms with Crippen LogP contribution in [-0.2, 0) is 4.79 Å². The number of nitrogens with zero attached hydrogens (tertiary/aromatic N) is 1.